The molecule has 1 aromatic carbocycles. The Morgan fingerprint density at radius 2 is 1.91 bits per heavy atom. The Balaban J connectivity index is 1.86. The summed E-state index contributed by atoms with van der Waals surface area (Å²) in [5, 5.41) is 12.8. The topological polar surface area (TPSA) is 62.1 Å². The molecule has 2 aromatic rings. The van der Waals surface area contributed by atoms with Crippen LogP contribution in [-0.2, 0) is 11.4 Å². The molecule has 0 aliphatic heterocycles. The van der Waals surface area contributed by atoms with E-state index >= 15 is 0 Å². The number of carbonyl (C=O) groups is 1. The van der Waals surface area contributed by atoms with Crippen LogP contribution in [0.25, 0.3) is 0 Å². The fourth-order valence-corrected chi connectivity index (χ4v) is 2.88. The number of nitrogens with zero attached hydrogens (tertiary/aromatic N) is 2. The Hall–Kier alpha value is -2.34. The molecular formula is C17H20N2O3S. The van der Waals surface area contributed by atoms with Gasteiger partial charge in [0.25, 0.3) is 0 Å². The fraction of sp³-hybridized carbons (Fsp3) is 0.294. The number of hydrogen-bond acceptors (Lipinski definition) is 5. The first-order chi connectivity index (χ1) is 11.1. The number of hydrogen-bond donors (Lipinski definition) is 1. The molecule has 2 rings (SSSR count). The lowest BCUT2D eigenvalue weighted by Crippen LogP contribution is -2.21. The van der Waals surface area contributed by atoms with E-state index in [0.717, 1.165) is 23.5 Å². The fourth-order valence-electron chi connectivity index (χ4n) is 2.13. The molecule has 0 unspecified atom stereocenters. The monoisotopic (exact) mass is 332 g/mol. The van der Waals surface area contributed by atoms with Crippen LogP contribution >= 0.6 is 11.3 Å². The average molecular weight is 332 g/mol. The summed E-state index contributed by atoms with van der Waals surface area (Å²) in [6.45, 7) is 6.49. The molecule has 0 amide bonds. The molecule has 0 spiro atoms. The number of oxime groups is 1. The van der Waals surface area contributed by atoms with Gasteiger partial charge >= 0.3 is 5.97 Å². The minimum Gasteiger partial charge on any atom is -0.477 e. The lowest BCUT2D eigenvalue weighted by molar-refractivity contribution is 0.0702. The maximum absolute atomic E-state index is 10.8. The number of thiophene rings is 1. The molecule has 0 aliphatic carbocycles. The summed E-state index contributed by atoms with van der Waals surface area (Å²) < 4.78 is 0. The number of carboxylic acid groups (broad SMARTS) is 1. The van der Waals surface area contributed by atoms with Crippen molar-refractivity contribution in [3.8, 4) is 0 Å². The smallest absolute Gasteiger partial charge is 0.345 e. The van der Waals surface area contributed by atoms with Crippen LogP contribution in [0.4, 0.5) is 5.69 Å². The molecule has 23 heavy (non-hydrogen) atoms. The second-order valence-electron chi connectivity index (χ2n) is 4.84. The molecule has 122 valence electrons. The molecule has 1 aromatic heterocycles. The predicted octanol–water partition coefficient (Wildman–Crippen LogP) is 3.84. The van der Waals surface area contributed by atoms with Gasteiger partial charge in [-0.05, 0) is 43.7 Å². The molecule has 0 aliphatic rings. The highest BCUT2D eigenvalue weighted by Crippen LogP contribution is 2.17. The summed E-state index contributed by atoms with van der Waals surface area (Å²) in [6.07, 6.45) is 1.65. The lowest BCUT2D eigenvalue weighted by atomic mass is 10.2. The molecule has 1 N–H and O–H groups in total. The number of benzene rings is 1. The van der Waals surface area contributed by atoms with Crippen LogP contribution in [0.1, 0.15) is 34.0 Å². The van der Waals surface area contributed by atoms with E-state index in [9.17, 15) is 4.79 Å². The van der Waals surface area contributed by atoms with Gasteiger partial charge in [0, 0.05) is 23.7 Å². The normalized spacial score (nSPS) is 10.9. The highest BCUT2D eigenvalue weighted by atomic mass is 32.1. The summed E-state index contributed by atoms with van der Waals surface area (Å²) in [6, 6.07) is 11.4. The van der Waals surface area contributed by atoms with Gasteiger partial charge in [0.1, 0.15) is 4.88 Å². The molecule has 0 radical (unpaired) electrons. The molecule has 0 fully saturated rings. The van der Waals surface area contributed by atoms with Crippen molar-refractivity contribution in [2.75, 3.05) is 18.0 Å². The van der Waals surface area contributed by atoms with Crippen LogP contribution in [0.2, 0.25) is 0 Å². The van der Waals surface area contributed by atoms with Crippen molar-refractivity contribution in [3.63, 3.8) is 0 Å². The molecule has 0 saturated heterocycles. The standard InChI is InChI=1S/C17H20N2O3S/c1-3-19(4-2)14-7-5-13(6-8-14)11-18-22-12-15-9-10-16(23-15)17(20)21/h5-11H,3-4,12H2,1-2H3,(H,20,21)/b18-11+. The zero-order valence-electron chi connectivity index (χ0n) is 13.2. The van der Waals surface area contributed by atoms with Crippen molar-refractivity contribution in [1.82, 2.24) is 0 Å². The molecule has 0 bridgehead atoms. The summed E-state index contributed by atoms with van der Waals surface area (Å²) in [5.41, 5.74) is 2.14. The Labute approximate surface area is 139 Å². The number of anilines is 1. The van der Waals surface area contributed by atoms with Gasteiger partial charge in [-0.3, -0.25) is 0 Å². The maximum atomic E-state index is 10.8. The summed E-state index contributed by atoms with van der Waals surface area (Å²) in [4.78, 5) is 19.4. The van der Waals surface area contributed by atoms with Crippen molar-refractivity contribution in [1.29, 1.82) is 0 Å². The van der Waals surface area contributed by atoms with E-state index in [1.165, 1.54) is 17.0 Å². The van der Waals surface area contributed by atoms with E-state index < -0.39 is 5.97 Å². The van der Waals surface area contributed by atoms with E-state index in [0.29, 0.717) is 4.88 Å². The molecular weight excluding hydrogens is 312 g/mol. The Morgan fingerprint density at radius 1 is 1.22 bits per heavy atom. The van der Waals surface area contributed by atoms with E-state index in [2.05, 4.69) is 36.0 Å². The summed E-state index contributed by atoms with van der Waals surface area (Å²) in [5.74, 6) is -0.918. The number of carboxylic acids is 1. The number of aromatic carboxylic acids is 1. The third kappa shape index (κ3) is 4.82. The van der Waals surface area contributed by atoms with Crippen molar-refractivity contribution in [3.05, 3.63) is 51.7 Å². The Bertz CT molecular complexity index is 661. The van der Waals surface area contributed by atoms with E-state index in [-0.39, 0.29) is 6.61 Å². The van der Waals surface area contributed by atoms with Gasteiger partial charge in [-0.2, -0.15) is 0 Å². The van der Waals surface area contributed by atoms with Crippen LogP contribution < -0.4 is 4.90 Å². The van der Waals surface area contributed by atoms with Crippen molar-refractivity contribution in [2.45, 2.75) is 20.5 Å². The Morgan fingerprint density at radius 3 is 2.48 bits per heavy atom. The minimum absolute atomic E-state index is 0.270. The van der Waals surface area contributed by atoms with Gasteiger partial charge in [0.2, 0.25) is 0 Å². The van der Waals surface area contributed by atoms with Gasteiger partial charge in [0.15, 0.2) is 6.61 Å². The van der Waals surface area contributed by atoms with Crippen LogP contribution in [0, 0.1) is 0 Å². The average Bonchev–Trinajstić information content (AvgIpc) is 3.03. The molecule has 0 atom stereocenters. The maximum Gasteiger partial charge on any atom is 0.345 e. The quantitative estimate of drug-likeness (QED) is 0.589. The summed E-state index contributed by atoms with van der Waals surface area (Å²) >= 11 is 1.19. The second kappa shape index (κ2) is 8.33. The van der Waals surface area contributed by atoms with Crippen LogP contribution in [0.3, 0.4) is 0 Å². The van der Waals surface area contributed by atoms with Crippen LogP contribution in [0.15, 0.2) is 41.6 Å². The lowest BCUT2D eigenvalue weighted by Gasteiger charge is -2.20. The van der Waals surface area contributed by atoms with Crippen molar-refractivity contribution in [2.24, 2.45) is 5.16 Å². The zero-order valence-corrected chi connectivity index (χ0v) is 14.0. The van der Waals surface area contributed by atoms with Gasteiger partial charge in [-0.15, -0.1) is 11.3 Å². The second-order valence-corrected chi connectivity index (χ2v) is 6.01. The van der Waals surface area contributed by atoms with E-state index in [1.54, 1.807) is 18.3 Å². The largest absolute Gasteiger partial charge is 0.477 e. The van der Waals surface area contributed by atoms with Crippen molar-refractivity contribution < 1.29 is 14.7 Å². The molecule has 1 heterocycles. The summed E-state index contributed by atoms with van der Waals surface area (Å²) in [7, 11) is 0. The first kappa shape index (κ1) is 17.0. The molecule has 6 heteroatoms. The van der Waals surface area contributed by atoms with Gasteiger partial charge in [0.05, 0.1) is 6.21 Å². The van der Waals surface area contributed by atoms with Crippen LogP contribution in [-0.4, -0.2) is 30.4 Å². The predicted molar refractivity (Wildman–Crippen MR) is 93.7 cm³/mol. The van der Waals surface area contributed by atoms with E-state index in [4.69, 9.17) is 9.94 Å². The first-order valence-electron chi connectivity index (χ1n) is 7.46. The van der Waals surface area contributed by atoms with Gasteiger partial charge in [-0.1, -0.05) is 17.3 Å². The first-order valence-corrected chi connectivity index (χ1v) is 8.28. The van der Waals surface area contributed by atoms with Gasteiger partial charge < -0.3 is 14.8 Å². The number of rotatable bonds is 8. The van der Waals surface area contributed by atoms with E-state index in [1.807, 2.05) is 12.1 Å². The highest BCUT2D eigenvalue weighted by Gasteiger charge is 2.06. The Kier molecular flexibility index (Phi) is 6.17. The minimum atomic E-state index is -0.918. The van der Waals surface area contributed by atoms with Crippen molar-refractivity contribution >= 4 is 29.2 Å². The molecule has 0 saturated carbocycles. The third-order valence-electron chi connectivity index (χ3n) is 3.38. The highest BCUT2D eigenvalue weighted by molar-refractivity contribution is 7.13. The van der Waals surface area contributed by atoms with Gasteiger partial charge in [-0.25, -0.2) is 4.79 Å². The molecule has 5 nitrogen and oxygen atoms in total. The zero-order chi connectivity index (χ0) is 16.7. The third-order valence-corrected chi connectivity index (χ3v) is 4.42. The van der Waals surface area contributed by atoms with Crippen LogP contribution in [0.5, 0.6) is 0 Å². The SMILES string of the molecule is CCN(CC)c1ccc(/C=N/OCc2ccc(C(=O)O)s2)cc1.